The molecule has 0 fully saturated rings. The van der Waals surface area contributed by atoms with E-state index in [-0.39, 0.29) is 26.2 Å². The van der Waals surface area contributed by atoms with Gasteiger partial charge in [-0.1, -0.05) is 34.8 Å². The summed E-state index contributed by atoms with van der Waals surface area (Å²) < 4.78 is 44.5. The molecule has 1 aromatic carbocycles. The Morgan fingerprint density at radius 2 is 1.62 bits per heavy atom. The highest BCUT2D eigenvalue weighted by Crippen LogP contribution is 2.44. The van der Waals surface area contributed by atoms with E-state index in [2.05, 4.69) is 4.98 Å². The lowest BCUT2D eigenvalue weighted by Crippen LogP contribution is -2.11. The molecule has 0 unspecified atom stereocenters. The molecule has 112 valence electrons. The average Bonchev–Trinajstić information content (AvgIpc) is 2.41. The average molecular weight is 357 g/mol. The zero-order chi connectivity index (χ0) is 15.8. The van der Waals surface area contributed by atoms with Crippen LogP contribution in [0.15, 0.2) is 24.4 Å². The first-order chi connectivity index (χ1) is 9.75. The van der Waals surface area contributed by atoms with Gasteiger partial charge in [-0.2, -0.15) is 13.2 Å². The number of halogens is 6. The molecular formula is C13H7Cl3F3NO. The van der Waals surface area contributed by atoms with E-state index in [0.29, 0.717) is 0 Å². The maximum absolute atomic E-state index is 13.3. The molecule has 0 spiro atoms. The molecule has 0 aliphatic rings. The Bertz CT molecular complexity index is 689. The molecule has 2 nitrogen and oxygen atoms in total. The van der Waals surface area contributed by atoms with E-state index in [1.807, 2.05) is 0 Å². The lowest BCUT2D eigenvalue weighted by atomic mass is 10.0. The Balaban J connectivity index is 2.79. The van der Waals surface area contributed by atoms with Gasteiger partial charge in [0.05, 0.1) is 17.2 Å². The highest BCUT2D eigenvalue weighted by molar-refractivity contribution is 6.44. The van der Waals surface area contributed by atoms with Crippen LogP contribution >= 0.6 is 34.8 Å². The quantitative estimate of drug-likeness (QED) is 0.640. The molecule has 0 aliphatic heterocycles. The second kappa shape index (κ2) is 5.91. The molecule has 0 bridgehead atoms. The topological polar surface area (TPSA) is 22.1 Å². The fourth-order valence-corrected chi connectivity index (χ4v) is 2.47. The molecule has 2 aromatic rings. The largest absolute Gasteiger partial charge is 0.481 e. The van der Waals surface area contributed by atoms with E-state index in [4.69, 9.17) is 39.5 Å². The third kappa shape index (κ3) is 3.20. The minimum atomic E-state index is -4.66. The van der Waals surface area contributed by atoms with E-state index in [1.54, 1.807) is 0 Å². The molecule has 2 rings (SSSR count). The van der Waals surface area contributed by atoms with Gasteiger partial charge in [0, 0.05) is 22.3 Å². The summed E-state index contributed by atoms with van der Waals surface area (Å²) in [5, 5.41) is 0.295. The fraction of sp³-hybridized carbons (Fsp3) is 0.154. The van der Waals surface area contributed by atoms with Gasteiger partial charge in [0.2, 0.25) is 5.88 Å². The summed E-state index contributed by atoms with van der Waals surface area (Å²) in [6.07, 6.45) is -3.47. The molecule has 0 atom stereocenters. The van der Waals surface area contributed by atoms with Crippen molar-refractivity contribution in [2.45, 2.75) is 6.18 Å². The van der Waals surface area contributed by atoms with Crippen molar-refractivity contribution in [2.75, 3.05) is 7.11 Å². The van der Waals surface area contributed by atoms with E-state index in [9.17, 15) is 13.2 Å². The lowest BCUT2D eigenvalue weighted by molar-refractivity contribution is -0.138. The molecule has 0 aliphatic carbocycles. The van der Waals surface area contributed by atoms with Crippen LogP contribution in [0.3, 0.4) is 0 Å². The molecule has 0 saturated carbocycles. The van der Waals surface area contributed by atoms with Gasteiger partial charge < -0.3 is 4.74 Å². The Morgan fingerprint density at radius 1 is 1.00 bits per heavy atom. The normalized spacial score (nSPS) is 11.6. The van der Waals surface area contributed by atoms with Gasteiger partial charge in [0.25, 0.3) is 0 Å². The Hall–Kier alpha value is -1.17. The summed E-state index contributed by atoms with van der Waals surface area (Å²) in [7, 11) is 1.11. The number of ether oxygens (including phenoxy) is 1. The number of hydrogen-bond donors (Lipinski definition) is 0. The van der Waals surface area contributed by atoms with Crippen molar-refractivity contribution in [2.24, 2.45) is 0 Å². The summed E-state index contributed by atoms with van der Waals surface area (Å²) >= 11 is 17.6. The first-order valence-corrected chi connectivity index (χ1v) is 6.64. The van der Waals surface area contributed by atoms with Gasteiger partial charge >= 0.3 is 6.18 Å². The minimum Gasteiger partial charge on any atom is -0.481 e. The summed E-state index contributed by atoms with van der Waals surface area (Å²) in [4.78, 5) is 3.58. The number of benzene rings is 1. The molecule has 8 heteroatoms. The van der Waals surface area contributed by atoms with Crippen molar-refractivity contribution < 1.29 is 17.9 Å². The SMILES string of the molecule is COc1nccc(-c2cc(Cl)c(Cl)cc2Cl)c1C(F)(F)F. The number of methoxy groups -OCH3 is 1. The van der Waals surface area contributed by atoms with Gasteiger partial charge in [-0.25, -0.2) is 4.98 Å². The number of aromatic nitrogens is 1. The van der Waals surface area contributed by atoms with Crippen LogP contribution in [0, 0.1) is 0 Å². The minimum absolute atomic E-state index is 0.0446. The molecule has 0 saturated heterocycles. The number of pyridine rings is 1. The Labute approximate surface area is 133 Å². The van der Waals surface area contributed by atoms with Crippen LogP contribution in [0.25, 0.3) is 11.1 Å². The van der Waals surface area contributed by atoms with E-state index >= 15 is 0 Å². The zero-order valence-electron chi connectivity index (χ0n) is 10.4. The summed E-state index contributed by atoms with van der Waals surface area (Å²) in [5.74, 6) is -0.540. The second-order valence-corrected chi connectivity index (χ2v) is 5.21. The van der Waals surface area contributed by atoms with E-state index in [0.717, 1.165) is 7.11 Å². The molecule has 0 amide bonds. The molecule has 1 aromatic heterocycles. The molecule has 0 N–H and O–H groups in total. The molecule has 21 heavy (non-hydrogen) atoms. The van der Waals surface area contributed by atoms with Crippen LogP contribution in [0.4, 0.5) is 13.2 Å². The van der Waals surface area contributed by atoms with E-state index < -0.39 is 17.6 Å². The second-order valence-electron chi connectivity index (χ2n) is 3.99. The van der Waals surface area contributed by atoms with Crippen LogP contribution in [0.5, 0.6) is 5.88 Å². The number of rotatable bonds is 2. The highest BCUT2D eigenvalue weighted by Gasteiger charge is 2.38. The molecule has 0 radical (unpaired) electrons. The van der Waals surface area contributed by atoms with Crippen LogP contribution < -0.4 is 4.74 Å². The van der Waals surface area contributed by atoms with Gasteiger partial charge in [0.15, 0.2) is 0 Å². The van der Waals surface area contributed by atoms with E-state index in [1.165, 1.54) is 24.4 Å². The first-order valence-electron chi connectivity index (χ1n) is 5.50. The van der Waals surface area contributed by atoms with Crippen molar-refractivity contribution in [1.82, 2.24) is 4.98 Å². The lowest BCUT2D eigenvalue weighted by Gasteiger charge is -2.16. The number of hydrogen-bond acceptors (Lipinski definition) is 2. The maximum atomic E-state index is 13.3. The Kier molecular flexibility index (Phi) is 4.56. The molecular weight excluding hydrogens is 350 g/mol. The summed E-state index contributed by atoms with van der Waals surface area (Å²) in [6, 6.07) is 3.75. The van der Waals surface area contributed by atoms with Crippen LogP contribution in [-0.2, 0) is 6.18 Å². The standard InChI is InChI=1S/C13H7Cl3F3NO/c1-21-12-11(13(17,18)19)6(2-3-20-12)7-4-9(15)10(16)5-8(7)14/h2-5H,1H3. The monoisotopic (exact) mass is 355 g/mol. The van der Waals surface area contributed by atoms with Crippen molar-refractivity contribution in [1.29, 1.82) is 0 Å². The van der Waals surface area contributed by atoms with Crippen molar-refractivity contribution in [3.05, 3.63) is 45.0 Å². The summed E-state index contributed by atoms with van der Waals surface area (Å²) in [6.45, 7) is 0. The maximum Gasteiger partial charge on any atom is 0.422 e. The van der Waals surface area contributed by atoms with Crippen molar-refractivity contribution in [3.8, 4) is 17.0 Å². The van der Waals surface area contributed by atoms with Crippen molar-refractivity contribution in [3.63, 3.8) is 0 Å². The van der Waals surface area contributed by atoms with Crippen LogP contribution in [0.2, 0.25) is 15.1 Å². The van der Waals surface area contributed by atoms with Crippen LogP contribution in [-0.4, -0.2) is 12.1 Å². The fourth-order valence-electron chi connectivity index (χ4n) is 1.82. The highest BCUT2D eigenvalue weighted by atomic mass is 35.5. The zero-order valence-corrected chi connectivity index (χ0v) is 12.7. The van der Waals surface area contributed by atoms with Gasteiger partial charge in [0.1, 0.15) is 5.56 Å². The van der Waals surface area contributed by atoms with Gasteiger partial charge in [-0.3, -0.25) is 0 Å². The van der Waals surface area contributed by atoms with Crippen molar-refractivity contribution >= 4 is 34.8 Å². The first kappa shape index (κ1) is 16.2. The van der Waals surface area contributed by atoms with Gasteiger partial charge in [-0.15, -0.1) is 0 Å². The predicted octanol–water partition coefficient (Wildman–Crippen LogP) is 5.74. The van der Waals surface area contributed by atoms with Gasteiger partial charge in [-0.05, 0) is 18.2 Å². The molecule has 1 heterocycles. The smallest absolute Gasteiger partial charge is 0.422 e. The summed E-state index contributed by atoms with van der Waals surface area (Å²) in [5.41, 5.74) is -1.11. The Morgan fingerprint density at radius 3 is 2.19 bits per heavy atom. The third-order valence-electron chi connectivity index (χ3n) is 2.69. The third-order valence-corrected chi connectivity index (χ3v) is 3.73. The number of nitrogens with zero attached hydrogens (tertiary/aromatic N) is 1. The van der Waals surface area contributed by atoms with Crippen LogP contribution in [0.1, 0.15) is 5.56 Å². The number of alkyl halides is 3. The predicted molar refractivity (Wildman–Crippen MR) is 76.3 cm³/mol.